The maximum absolute atomic E-state index is 13.4. The number of amides is 1. The third-order valence-electron chi connectivity index (χ3n) is 4.60. The van der Waals surface area contributed by atoms with Crippen LogP contribution in [0, 0.1) is 5.82 Å². The fourth-order valence-corrected chi connectivity index (χ4v) is 2.98. The molecule has 0 bridgehead atoms. The Hall–Kier alpha value is -2.73. The number of carbonyl (C=O) groups is 2. The number of fused-ring (bicyclic) bond motifs is 1. The minimum absolute atomic E-state index is 0.313. The van der Waals surface area contributed by atoms with Gasteiger partial charge < -0.3 is 14.7 Å². The summed E-state index contributed by atoms with van der Waals surface area (Å²) in [6.07, 6.45) is 0.601. The van der Waals surface area contributed by atoms with E-state index in [1.807, 2.05) is 12.1 Å². The lowest BCUT2D eigenvalue weighted by Crippen LogP contribution is -2.53. The molecule has 5 nitrogen and oxygen atoms in total. The Balaban J connectivity index is 1.94. The van der Waals surface area contributed by atoms with Gasteiger partial charge in [0.2, 0.25) is 5.60 Å². The van der Waals surface area contributed by atoms with Crippen molar-refractivity contribution in [1.82, 2.24) is 0 Å². The van der Waals surface area contributed by atoms with Crippen LogP contribution in [0.1, 0.15) is 12.5 Å². The molecule has 0 saturated carbocycles. The summed E-state index contributed by atoms with van der Waals surface area (Å²) >= 11 is 0. The quantitative estimate of drug-likeness (QED) is 0.867. The van der Waals surface area contributed by atoms with Crippen LogP contribution in [-0.2, 0) is 20.7 Å². The van der Waals surface area contributed by atoms with Gasteiger partial charge in [0.05, 0.1) is 0 Å². The molecule has 0 spiro atoms. The lowest BCUT2D eigenvalue weighted by molar-refractivity contribution is -0.166. The highest BCUT2D eigenvalue weighted by molar-refractivity contribution is 6.13. The first-order valence-corrected chi connectivity index (χ1v) is 7.86. The minimum atomic E-state index is -1.93. The maximum atomic E-state index is 13.4. The van der Waals surface area contributed by atoms with Gasteiger partial charge in [-0.3, -0.25) is 4.79 Å². The van der Waals surface area contributed by atoms with Crippen molar-refractivity contribution >= 4 is 17.6 Å². The number of halogens is 1. The van der Waals surface area contributed by atoms with E-state index in [2.05, 4.69) is 0 Å². The molecule has 1 aliphatic heterocycles. The van der Waals surface area contributed by atoms with Gasteiger partial charge in [0, 0.05) is 19.3 Å². The molecule has 1 heterocycles. The average molecular weight is 343 g/mol. The summed E-state index contributed by atoms with van der Waals surface area (Å²) in [6.45, 7) is 1.63. The highest BCUT2D eigenvalue weighted by Gasteiger charge is 2.46. The molecule has 0 radical (unpaired) electrons. The number of carboxylic acids is 1. The van der Waals surface area contributed by atoms with Gasteiger partial charge in [-0.25, -0.2) is 9.18 Å². The minimum Gasteiger partial charge on any atom is -0.479 e. The second-order valence-corrected chi connectivity index (χ2v) is 6.10. The Kier molecular flexibility index (Phi) is 4.30. The van der Waals surface area contributed by atoms with Crippen molar-refractivity contribution in [1.29, 1.82) is 0 Å². The number of carbonyl (C=O) groups excluding carboxylic acids is 1. The van der Waals surface area contributed by atoms with E-state index in [4.69, 9.17) is 4.74 Å². The fourth-order valence-electron chi connectivity index (χ4n) is 2.98. The third kappa shape index (κ3) is 2.89. The lowest BCUT2D eigenvalue weighted by atomic mass is 10.0. The van der Waals surface area contributed by atoms with E-state index in [1.54, 1.807) is 18.2 Å². The molecule has 1 amide bonds. The first-order valence-electron chi connectivity index (χ1n) is 7.86. The highest BCUT2D eigenvalue weighted by Crippen LogP contribution is 2.34. The molecule has 1 unspecified atom stereocenters. The summed E-state index contributed by atoms with van der Waals surface area (Å²) in [5.41, 5.74) is 1.25. The van der Waals surface area contributed by atoms with Crippen molar-refractivity contribution in [3.63, 3.8) is 0 Å². The smallest absolute Gasteiger partial charge is 0.345 e. The number of carboxylic acid groups (broad SMARTS) is 1. The van der Waals surface area contributed by atoms with E-state index in [9.17, 15) is 19.1 Å². The second kappa shape index (κ2) is 6.29. The van der Waals surface area contributed by atoms with Crippen molar-refractivity contribution in [2.45, 2.75) is 18.9 Å². The molecule has 0 fully saturated rings. The zero-order chi connectivity index (χ0) is 18.2. The zero-order valence-electron chi connectivity index (χ0n) is 14.0. The second-order valence-electron chi connectivity index (χ2n) is 6.10. The van der Waals surface area contributed by atoms with Gasteiger partial charge in [-0.2, -0.15) is 0 Å². The number of aliphatic carboxylic acids is 1. The van der Waals surface area contributed by atoms with Crippen LogP contribution in [0.2, 0.25) is 0 Å². The molecule has 25 heavy (non-hydrogen) atoms. The van der Waals surface area contributed by atoms with Crippen molar-refractivity contribution in [3.8, 4) is 11.1 Å². The zero-order valence-corrected chi connectivity index (χ0v) is 14.0. The van der Waals surface area contributed by atoms with E-state index < -0.39 is 17.5 Å². The molecular formula is C19H18FNO4. The summed E-state index contributed by atoms with van der Waals surface area (Å²) < 4.78 is 18.4. The molecule has 0 aliphatic carbocycles. The Labute approximate surface area is 144 Å². The monoisotopic (exact) mass is 343 g/mol. The molecule has 2 aromatic rings. The van der Waals surface area contributed by atoms with Gasteiger partial charge >= 0.3 is 5.97 Å². The van der Waals surface area contributed by atoms with E-state index in [0.717, 1.165) is 16.7 Å². The highest BCUT2D eigenvalue weighted by atomic mass is 19.1. The number of rotatable bonds is 4. The summed E-state index contributed by atoms with van der Waals surface area (Å²) in [5, 5.41) is 9.32. The molecule has 130 valence electrons. The Bertz CT molecular complexity index is 851. The standard InChI is InChI=1S/C19H18FNO4/c1-19(25-2,18(23)24)17(22)21-9-8-14-10-13(6-7-16(14)21)12-4-3-5-15(20)11-12/h3-7,10-11H,8-9H2,1-2H3,(H,23,24). The number of anilines is 1. The Morgan fingerprint density at radius 2 is 1.92 bits per heavy atom. The van der Waals surface area contributed by atoms with Crippen LogP contribution < -0.4 is 4.90 Å². The lowest BCUT2D eigenvalue weighted by Gasteiger charge is -2.28. The van der Waals surface area contributed by atoms with Crippen molar-refractivity contribution in [3.05, 3.63) is 53.8 Å². The molecular weight excluding hydrogens is 325 g/mol. The number of ether oxygens (including phenoxy) is 1. The van der Waals surface area contributed by atoms with E-state index >= 15 is 0 Å². The predicted molar refractivity (Wildman–Crippen MR) is 90.9 cm³/mol. The summed E-state index contributed by atoms with van der Waals surface area (Å²) in [6, 6.07) is 11.8. The third-order valence-corrected chi connectivity index (χ3v) is 4.60. The van der Waals surface area contributed by atoms with Gasteiger partial charge in [-0.15, -0.1) is 0 Å². The van der Waals surface area contributed by atoms with Crippen molar-refractivity contribution in [2.24, 2.45) is 0 Å². The van der Waals surface area contributed by atoms with Crippen molar-refractivity contribution in [2.75, 3.05) is 18.6 Å². The van der Waals surface area contributed by atoms with Crippen LogP contribution in [0.5, 0.6) is 0 Å². The Morgan fingerprint density at radius 3 is 2.56 bits per heavy atom. The van der Waals surface area contributed by atoms with Crippen LogP contribution in [0.4, 0.5) is 10.1 Å². The summed E-state index contributed by atoms with van der Waals surface area (Å²) in [7, 11) is 1.20. The van der Waals surface area contributed by atoms with Gasteiger partial charge in [0.15, 0.2) is 0 Å². The number of benzene rings is 2. The van der Waals surface area contributed by atoms with Crippen molar-refractivity contribution < 1.29 is 23.8 Å². The average Bonchev–Trinajstić information content (AvgIpc) is 3.03. The van der Waals surface area contributed by atoms with Gasteiger partial charge in [0.1, 0.15) is 5.82 Å². The van der Waals surface area contributed by atoms with Crippen LogP contribution in [0.3, 0.4) is 0 Å². The van der Waals surface area contributed by atoms with Crippen LogP contribution in [-0.4, -0.2) is 36.2 Å². The van der Waals surface area contributed by atoms with Gasteiger partial charge in [-0.1, -0.05) is 18.2 Å². The van der Waals surface area contributed by atoms with Gasteiger partial charge in [-0.05, 0) is 54.3 Å². The maximum Gasteiger partial charge on any atom is 0.345 e. The van der Waals surface area contributed by atoms with Crippen LogP contribution in [0.25, 0.3) is 11.1 Å². The first kappa shape index (κ1) is 17.1. The molecule has 2 aromatic carbocycles. The SMILES string of the molecule is COC(C)(C(=O)O)C(=O)N1CCc2cc(-c3cccc(F)c3)ccc21. The topological polar surface area (TPSA) is 66.8 Å². The molecule has 3 rings (SSSR count). The van der Waals surface area contributed by atoms with E-state index in [0.29, 0.717) is 18.7 Å². The van der Waals surface area contributed by atoms with Crippen LogP contribution in [0.15, 0.2) is 42.5 Å². The Morgan fingerprint density at radius 1 is 1.20 bits per heavy atom. The van der Waals surface area contributed by atoms with Gasteiger partial charge in [0.25, 0.3) is 5.91 Å². The first-order chi connectivity index (χ1) is 11.9. The van der Waals surface area contributed by atoms with E-state index in [-0.39, 0.29) is 5.82 Å². The molecule has 1 aliphatic rings. The largest absolute Gasteiger partial charge is 0.479 e. The summed E-state index contributed by atoms with van der Waals surface area (Å²) in [5.74, 6) is -2.25. The molecule has 6 heteroatoms. The van der Waals surface area contributed by atoms with E-state index in [1.165, 1.54) is 31.1 Å². The molecule has 1 N–H and O–H groups in total. The molecule has 0 aromatic heterocycles. The number of methoxy groups -OCH3 is 1. The number of nitrogens with zero attached hydrogens (tertiary/aromatic N) is 1. The fraction of sp³-hybridized carbons (Fsp3) is 0.263. The summed E-state index contributed by atoms with van der Waals surface area (Å²) in [4.78, 5) is 25.5. The van der Waals surface area contributed by atoms with Crippen LogP contribution >= 0.6 is 0 Å². The molecule has 1 atom stereocenters. The number of hydrogen-bond donors (Lipinski definition) is 1. The number of hydrogen-bond acceptors (Lipinski definition) is 3. The molecule has 0 saturated heterocycles. The normalized spacial score (nSPS) is 15.6. The predicted octanol–water partition coefficient (Wildman–Crippen LogP) is 2.87.